The topological polar surface area (TPSA) is 107 Å². The average Bonchev–Trinajstić information content (AvgIpc) is 2.80. The predicted octanol–water partition coefficient (Wildman–Crippen LogP) is 1.58. The van der Waals surface area contributed by atoms with E-state index >= 15 is 0 Å². The molecule has 3 amide bonds. The normalized spacial score (nSPS) is 21.5. The van der Waals surface area contributed by atoms with Gasteiger partial charge in [-0.1, -0.05) is 0 Å². The molecule has 3 rings (SSSR count). The highest BCUT2D eigenvalue weighted by atomic mass is 32.2. The van der Waals surface area contributed by atoms with Crippen LogP contribution in [0, 0.1) is 11.3 Å². The minimum Gasteiger partial charge on any atom is -0.323 e. The van der Waals surface area contributed by atoms with E-state index in [1.54, 1.807) is 0 Å². The van der Waals surface area contributed by atoms with Crippen molar-refractivity contribution in [2.45, 2.75) is 24.6 Å². The van der Waals surface area contributed by atoms with E-state index in [2.05, 4.69) is 5.32 Å². The first kappa shape index (κ1) is 18.2. The number of benzene rings is 1. The van der Waals surface area contributed by atoms with Crippen LogP contribution in [0.3, 0.4) is 0 Å². The van der Waals surface area contributed by atoms with Gasteiger partial charge < -0.3 is 5.32 Å². The van der Waals surface area contributed by atoms with Crippen LogP contribution in [-0.2, 0) is 20.8 Å². The van der Waals surface area contributed by atoms with Crippen LogP contribution in [0.4, 0.5) is 23.7 Å². The fourth-order valence-electron chi connectivity index (χ4n) is 3.08. The fourth-order valence-corrected chi connectivity index (χ4v) is 4.61. The van der Waals surface area contributed by atoms with Crippen LogP contribution in [0.5, 0.6) is 0 Å². The van der Waals surface area contributed by atoms with Crippen molar-refractivity contribution in [3.63, 3.8) is 0 Å². The third-order valence-corrected chi connectivity index (χ3v) is 6.18. The summed E-state index contributed by atoms with van der Waals surface area (Å²) in [5.41, 5.74) is -3.66. The van der Waals surface area contributed by atoms with Crippen LogP contribution in [-0.4, -0.2) is 37.4 Å². The molecular weight excluding hydrogens is 375 g/mol. The number of nitrogens with zero attached hydrogens (tertiary/aromatic N) is 2. The van der Waals surface area contributed by atoms with E-state index < -0.39 is 44.6 Å². The number of halogens is 3. The van der Waals surface area contributed by atoms with Gasteiger partial charge in [-0.25, -0.2) is 18.1 Å². The summed E-state index contributed by atoms with van der Waals surface area (Å²) >= 11 is 0. The molecule has 26 heavy (non-hydrogen) atoms. The number of hydrogen-bond donors (Lipinski definition) is 1. The summed E-state index contributed by atoms with van der Waals surface area (Å²) in [6.07, 6.45) is -5.12. The van der Waals surface area contributed by atoms with Crippen molar-refractivity contribution in [2.24, 2.45) is 0 Å². The zero-order chi connectivity index (χ0) is 19.3. The molecule has 2 fully saturated rings. The van der Waals surface area contributed by atoms with Crippen molar-refractivity contribution in [1.82, 2.24) is 5.32 Å². The Morgan fingerprint density at radius 1 is 1.19 bits per heavy atom. The summed E-state index contributed by atoms with van der Waals surface area (Å²) in [5.74, 6) is -1.39. The summed E-state index contributed by atoms with van der Waals surface area (Å²) in [5, 5.41) is 11.2. The van der Waals surface area contributed by atoms with Crippen LogP contribution in [0.1, 0.15) is 24.0 Å². The van der Waals surface area contributed by atoms with Crippen molar-refractivity contribution in [1.29, 1.82) is 5.26 Å². The number of amides is 3. The molecule has 1 N–H and O–H groups in total. The molecule has 0 bridgehead atoms. The third-order valence-electron chi connectivity index (χ3n) is 4.53. The molecule has 138 valence electrons. The maximum Gasteiger partial charge on any atom is 0.417 e. The van der Waals surface area contributed by atoms with Gasteiger partial charge in [0.15, 0.2) is 9.84 Å². The van der Waals surface area contributed by atoms with Crippen LogP contribution in [0.2, 0.25) is 0 Å². The van der Waals surface area contributed by atoms with E-state index in [1.807, 2.05) is 0 Å². The maximum absolute atomic E-state index is 13.1. The molecule has 0 saturated carbocycles. The van der Waals surface area contributed by atoms with Crippen LogP contribution >= 0.6 is 0 Å². The molecule has 2 saturated heterocycles. The summed E-state index contributed by atoms with van der Waals surface area (Å²) in [6, 6.07) is 3.01. The number of urea groups is 1. The van der Waals surface area contributed by atoms with Crippen molar-refractivity contribution in [2.75, 3.05) is 16.4 Å². The molecule has 0 atom stereocenters. The average molecular weight is 387 g/mol. The number of carbonyl (C=O) groups is 2. The van der Waals surface area contributed by atoms with Gasteiger partial charge in [-0.05, 0) is 31.0 Å². The smallest absolute Gasteiger partial charge is 0.323 e. The number of hydrogen-bond acceptors (Lipinski definition) is 5. The fraction of sp³-hybridized carbons (Fsp3) is 0.400. The van der Waals surface area contributed by atoms with Gasteiger partial charge in [-0.2, -0.15) is 18.4 Å². The lowest BCUT2D eigenvalue weighted by Crippen LogP contribution is -2.52. The minimum atomic E-state index is -4.84. The Hall–Kier alpha value is -2.61. The zero-order valence-corrected chi connectivity index (χ0v) is 13.9. The second-order valence-corrected chi connectivity index (χ2v) is 8.45. The third kappa shape index (κ3) is 2.90. The number of alkyl halides is 3. The number of rotatable bonds is 1. The zero-order valence-electron chi connectivity index (χ0n) is 13.1. The maximum atomic E-state index is 13.1. The van der Waals surface area contributed by atoms with Gasteiger partial charge in [0.2, 0.25) is 0 Å². The van der Waals surface area contributed by atoms with E-state index in [-0.39, 0.29) is 30.0 Å². The van der Waals surface area contributed by atoms with Crippen LogP contribution < -0.4 is 10.2 Å². The Kier molecular flexibility index (Phi) is 3.99. The van der Waals surface area contributed by atoms with Gasteiger partial charge >= 0.3 is 12.2 Å². The molecule has 2 heterocycles. The summed E-state index contributed by atoms with van der Waals surface area (Å²) in [7, 11) is -3.31. The standard InChI is InChI=1S/C15H12F3N3O4S/c16-15(17,18)11-7-10(2-1-9(11)8-19)21-12(22)14(20-13(21)23)3-5-26(24,25)6-4-14/h1-2,7H,3-6H2,(H,20,23). The Labute approximate surface area is 146 Å². The summed E-state index contributed by atoms with van der Waals surface area (Å²) < 4.78 is 62.5. The molecule has 2 aliphatic heterocycles. The number of carbonyl (C=O) groups excluding carboxylic acids is 2. The molecule has 2 aliphatic rings. The number of anilines is 1. The Bertz CT molecular complexity index is 936. The van der Waals surface area contributed by atoms with E-state index in [0.29, 0.717) is 11.0 Å². The number of sulfone groups is 1. The highest BCUT2D eigenvalue weighted by molar-refractivity contribution is 7.91. The molecule has 1 aromatic rings. The molecule has 0 aliphatic carbocycles. The summed E-state index contributed by atoms with van der Waals surface area (Å²) in [6.45, 7) is 0. The molecule has 1 spiro atoms. The molecule has 0 aromatic heterocycles. The van der Waals surface area contributed by atoms with Gasteiger partial charge in [-0.15, -0.1) is 0 Å². The molecule has 1 aromatic carbocycles. The van der Waals surface area contributed by atoms with Crippen molar-refractivity contribution in [3.05, 3.63) is 29.3 Å². The number of nitriles is 1. The highest BCUT2D eigenvalue weighted by Crippen LogP contribution is 2.37. The van der Waals surface area contributed by atoms with Gasteiger partial charge in [0.1, 0.15) is 5.54 Å². The lowest BCUT2D eigenvalue weighted by atomic mass is 9.92. The van der Waals surface area contributed by atoms with E-state index in [1.165, 1.54) is 6.07 Å². The molecule has 7 nitrogen and oxygen atoms in total. The summed E-state index contributed by atoms with van der Waals surface area (Å²) in [4.78, 5) is 25.5. The van der Waals surface area contributed by atoms with Crippen LogP contribution in [0.15, 0.2) is 18.2 Å². The molecule has 0 radical (unpaired) electrons. The van der Waals surface area contributed by atoms with Crippen molar-refractivity contribution >= 4 is 27.5 Å². The predicted molar refractivity (Wildman–Crippen MR) is 82.8 cm³/mol. The van der Waals surface area contributed by atoms with Crippen molar-refractivity contribution in [3.8, 4) is 6.07 Å². The van der Waals surface area contributed by atoms with Crippen molar-refractivity contribution < 1.29 is 31.2 Å². The SMILES string of the molecule is N#Cc1ccc(N2C(=O)NC3(CCS(=O)(=O)CC3)C2=O)cc1C(F)(F)F. The first-order chi connectivity index (χ1) is 12.0. The Morgan fingerprint density at radius 2 is 1.81 bits per heavy atom. The monoisotopic (exact) mass is 387 g/mol. The first-order valence-corrected chi connectivity index (χ1v) is 9.30. The van der Waals surface area contributed by atoms with Gasteiger partial charge in [0.25, 0.3) is 5.91 Å². The quantitative estimate of drug-likeness (QED) is 0.736. The van der Waals surface area contributed by atoms with E-state index in [0.717, 1.165) is 12.1 Å². The van der Waals surface area contributed by atoms with Gasteiger partial charge in [0.05, 0.1) is 34.4 Å². The molecular formula is C15H12F3N3O4S. The van der Waals surface area contributed by atoms with Crippen LogP contribution in [0.25, 0.3) is 0 Å². The lowest BCUT2D eigenvalue weighted by molar-refractivity contribution is -0.137. The molecule has 0 unspecified atom stereocenters. The second kappa shape index (κ2) is 5.70. The van der Waals surface area contributed by atoms with Gasteiger partial charge in [0, 0.05) is 0 Å². The van der Waals surface area contributed by atoms with E-state index in [4.69, 9.17) is 5.26 Å². The second-order valence-electron chi connectivity index (χ2n) is 6.14. The first-order valence-electron chi connectivity index (χ1n) is 7.48. The van der Waals surface area contributed by atoms with Gasteiger partial charge in [-0.3, -0.25) is 4.79 Å². The lowest BCUT2D eigenvalue weighted by Gasteiger charge is -2.30. The highest BCUT2D eigenvalue weighted by Gasteiger charge is 2.54. The largest absolute Gasteiger partial charge is 0.417 e. The number of imide groups is 1. The molecule has 11 heteroatoms. The minimum absolute atomic E-state index is 0.140. The van der Waals surface area contributed by atoms with E-state index in [9.17, 15) is 31.2 Å². The number of nitrogens with one attached hydrogen (secondary N) is 1. The Balaban J connectivity index is 2.00. The Morgan fingerprint density at radius 3 is 2.35 bits per heavy atom.